The molecule has 16 heavy (non-hydrogen) atoms. The Bertz CT molecular complexity index is 265. The van der Waals surface area contributed by atoms with Crippen LogP contribution in [-0.2, 0) is 0 Å². The van der Waals surface area contributed by atoms with E-state index >= 15 is 0 Å². The van der Waals surface area contributed by atoms with Crippen LogP contribution >= 0.6 is 0 Å². The first-order valence-electron chi connectivity index (χ1n) is 7.03. The Labute approximate surface area is 101 Å². The highest BCUT2D eigenvalue weighted by Gasteiger charge is 2.56. The molecule has 2 atom stereocenters. The minimum Gasteiger partial charge on any atom is -0.103 e. The molecule has 90 valence electrons. The molecule has 0 nitrogen and oxygen atoms in total. The Hall–Kier alpha value is -0.520. The first-order valence-corrected chi connectivity index (χ1v) is 7.03. The van der Waals surface area contributed by atoms with Crippen molar-refractivity contribution in [3.63, 3.8) is 0 Å². The van der Waals surface area contributed by atoms with Gasteiger partial charge in [-0.3, -0.25) is 0 Å². The molecule has 2 aliphatic rings. The lowest BCUT2D eigenvalue weighted by Gasteiger charge is -2.62. The highest BCUT2D eigenvalue weighted by atomic mass is 14.6. The Kier molecular flexibility index (Phi) is 3.56. The molecule has 0 amide bonds. The second kappa shape index (κ2) is 4.77. The summed E-state index contributed by atoms with van der Waals surface area (Å²) >= 11 is 0. The van der Waals surface area contributed by atoms with Crippen LogP contribution in [0.2, 0.25) is 0 Å². The van der Waals surface area contributed by atoms with Gasteiger partial charge in [-0.1, -0.05) is 31.4 Å². The molecule has 2 fully saturated rings. The predicted molar refractivity (Wildman–Crippen MR) is 71.4 cm³/mol. The van der Waals surface area contributed by atoms with Crippen molar-refractivity contribution in [2.24, 2.45) is 10.8 Å². The fraction of sp³-hybridized carbons (Fsp3) is 0.750. The molecule has 0 heteroatoms. The van der Waals surface area contributed by atoms with Crippen molar-refractivity contribution in [2.75, 3.05) is 0 Å². The highest BCUT2D eigenvalue weighted by Crippen LogP contribution is 2.67. The molecule has 2 unspecified atom stereocenters. The Morgan fingerprint density at radius 3 is 2.38 bits per heavy atom. The van der Waals surface area contributed by atoms with E-state index in [0.29, 0.717) is 10.8 Å². The average molecular weight is 218 g/mol. The van der Waals surface area contributed by atoms with Crippen LogP contribution in [0, 0.1) is 10.8 Å². The van der Waals surface area contributed by atoms with Gasteiger partial charge in [0.2, 0.25) is 0 Å². The molecule has 2 saturated carbocycles. The summed E-state index contributed by atoms with van der Waals surface area (Å²) in [5.74, 6) is 0. The minimum atomic E-state index is 0.541. The lowest BCUT2D eigenvalue weighted by Crippen LogP contribution is -2.51. The van der Waals surface area contributed by atoms with Gasteiger partial charge in [0.15, 0.2) is 0 Å². The van der Waals surface area contributed by atoms with Crippen LogP contribution in [0.15, 0.2) is 25.3 Å². The van der Waals surface area contributed by atoms with Gasteiger partial charge in [-0.05, 0) is 55.8 Å². The van der Waals surface area contributed by atoms with Gasteiger partial charge in [-0.15, -0.1) is 13.2 Å². The van der Waals surface area contributed by atoms with Crippen molar-refractivity contribution >= 4 is 0 Å². The minimum absolute atomic E-state index is 0.541. The van der Waals surface area contributed by atoms with Crippen molar-refractivity contribution in [2.45, 2.75) is 64.2 Å². The van der Waals surface area contributed by atoms with Gasteiger partial charge in [0.25, 0.3) is 0 Å². The number of hydrogen-bond donors (Lipinski definition) is 0. The Morgan fingerprint density at radius 2 is 1.75 bits per heavy atom. The molecule has 0 bridgehead atoms. The summed E-state index contributed by atoms with van der Waals surface area (Å²) in [6.45, 7) is 7.94. The first kappa shape index (κ1) is 12.0. The normalized spacial score (nSPS) is 37.2. The van der Waals surface area contributed by atoms with Crippen LogP contribution < -0.4 is 0 Å². The zero-order chi connectivity index (χ0) is 11.5. The van der Waals surface area contributed by atoms with Gasteiger partial charge in [0.1, 0.15) is 0 Å². The van der Waals surface area contributed by atoms with Crippen molar-refractivity contribution in [3.05, 3.63) is 25.3 Å². The van der Waals surface area contributed by atoms with E-state index in [1.165, 1.54) is 64.2 Å². The second-order valence-corrected chi connectivity index (χ2v) is 5.88. The molecule has 0 spiro atoms. The van der Waals surface area contributed by atoms with E-state index in [-0.39, 0.29) is 0 Å². The molecule has 0 heterocycles. The molecule has 0 radical (unpaired) electrons. The van der Waals surface area contributed by atoms with Crippen LogP contribution in [0.3, 0.4) is 0 Å². The third-order valence-corrected chi connectivity index (χ3v) is 5.34. The van der Waals surface area contributed by atoms with Gasteiger partial charge >= 0.3 is 0 Å². The van der Waals surface area contributed by atoms with E-state index in [0.717, 1.165) is 0 Å². The van der Waals surface area contributed by atoms with Gasteiger partial charge < -0.3 is 0 Å². The van der Waals surface area contributed by atoms with Crippen molar-refractivity contribution in [1.82, 2.24) is 0 Å². The molecule has 2 rings (SSSR count). The van der Waals surface area contributed by atoms with Gasteiger partial charge in [0, 0.05) is 0 Å². The Balaban J connectivity index is 1.93. The summed E-state index contributed by atoms with van der Waals surface area (Å²) in [7, 11) is 0. The van der Waals surface area contributed by atoms with Crippen LogP contribution in [0.25, 0.3) is 0 Å². The zero-order valence-electron chi connectivity index (χ0n) is 10.6. The number of hydrogen-bond acceptors (Lipinski definition) is 0. The Morgan fingerprint density at radius 1 is 0.938 bits per heavy atom. The summed E-state index contributed by atoms with van der Waals surface area (Å²) in [5.41, 5.74) is 1.20. The molecule has 2 aliphatic carbocycles. The number of rotatable bonds is 6. The van der Waals surface area contributed by atoms with Gasteiger partial charge in [0.05, 0.1) is 0 Å². The summed E-state index contributed by atoms with van der Waals surface area (Å²) in [4.78, 5) is 0. The largest absolute Gasteiger partial charge is 0.103 e. The van der Waals surface area contributed by atoms with E-state index in [1.54, 1.807) is 0 Å². The molecule has 0 N–H and O–H groups in total. The smallest absolute Gasteiger partial charge is 0.00643 e. The quantitative estimate of drug-likeness (QED) is 0.421. The lowest BCUT2D eigenvalue weighted by atomic mass is 9.43. The van der Waals surface area contributed by atoms with E-state index in [2.05, 4.69) is 25.3 Å². The molecule has 0 saturated heterocycles. The molecular weight excluding hydrogens is 192 g/mol. The second-order valence-electron chi connectivity index (χ2n) is 5.88. The van der Waals surface area contributed by atoms with Crippen LogP contribution in [0.1, 0.15) is 64.2 Å². The van der Waals surface area contributed by atoms with Crippen molar-refractivity contribution in [3.8, 4) is 0 Å². The summed E-state index contributed by atoms with van der Waals surface area (Å²) in [5, 5.41) is 0. The van der Waals surface area contributed by atoms with E-state index in [9.17, 15) is 0 Å². The summed E-state index contributed by atoms with van der Waals surface area (Å²) < 4.78 is 0. The third kappa shape index (κ3) is 1.77. The number of allylic oxidation sites excluding steroid dienone is 2. The molecular formula is C16H26. The summed E-state index contributed by atoms with van der Waals surface area (Å²) in [6, 6.07) is 0. The zero-order valence-corrected chi connectivity index (χ0v) is 10.6. The van der Waals surface area contributed by atoms with Crippen molar-refractivity contribution < 1.29 is 0 Å². The third-order valence-electron chi connectivity index (χ3n) is 5.34. The fourth-order valence-corrected chi connectivity index (χ4v) is 4.14. The first-order chi connectivity index (χ1) is 7.79. The van der Waals surface area contributed by atoms with Crippen LogP contribution in [-0.4, -0.2) is 0 Å². The molecule has 0 aromatic heterocycles. The summed E-state index contributed by atoms with van der Waals surface area (Å²) in [6.07, 6.45) is 18.4. The highest BCUT2D eigenvalue weighted by molar-refractivity contribution is 5.15. The van der Waals surface area contributed by atoms with Gasteiger partial charge in [-0.25, -0.2) is 0 Å². The fourth-order valence-electron chi connectivity index (χ4n) is 4.14. The maximum atomic E-state index is 4.13. The SMILES string of the molecule is C=CCCCCC12CCCCC1(C=C)CC2. The van der Waals surface area contributed by atoms with Crippen LogP contribution in [0.4, 0.5) is 0 Å². The number of unbranched alkanes of at least 4 members (excludes halogenated alkanes) is 2. The van der Waals surface area contributed by atoms with E-state index in [1.807, 2.05) is 0 Å². The predicted octanol–water partition coefficient (Wildman–Crippen LogP) is 5.26. The monoisotopic (exact) mass is 218 g/mol. The lowest BCUT2D eigenvalue weighted by molar-refractivity contribution is -0.0868. The van der Waals surface area contributed by atoms with Crippen LogP contribution in [0.5, 0.6) is 0 Å². The van der Waals surface area contributed by atoms with Crippen molar-refractivity contribution in [1.29, 1.82) is 0 Å². The van der Waals surface area contributed by atoms with Gasteiger partial charge in [-0.2, -0.15) is 0 Å². The topological polar surface area (TPSA) is 0 Å². The van der Waals surface area contributed by atoms with E-state index < -0.39 is 0 Å². The molecule has 0 aromatic carbocycles. The number of fused-ring (bicyclic) bond motifs is 1. The standard InChI is InChI=1S/C16H26/c1-3-5-6-7-11-16-12-9-8-10-15(16,4-2)13-14-16/h3-4H,1-2,5-14H2. The van der Waals surface area contributed by atoms with E-state index in [4.69, 9.17) is 0 Å². The maximum Gasteiger partial charge on any atom is -0.00643 e. The average Bonchev–Trinajstić information content (AvgIpc) is 2.29. The molecule has 0 aliphatic heterocycles. The maximum absolute atomic E-state index is 4.13. The molecule has 0 aromatic rings.